The Hall–Kier alpha value is -3.34. The molecule has 0 fully saturated rings. The topological polar surface area (TPSA) is 93.4 Å². The van der Waals surface area contributed by atoms with Crippen LogP contribution in [0.25, 0.3) is 17.1 Å². The molecule has 0 saturated carbocycles. The second kappa shape index (κ2) is 5.21. The molecule has 6 nitrogen and oxygen atoms in total. The van der Waals surface area contributed by atoms with Crippen LogP contribution in [-0.2, 0) is 0 Å². The van der Waals surface area contributed by atoms with E-state index in [9.17, 15) is 14.0 Å². The maximum atomic E-state index is 13.9. The molecule has 1 aromatic carbocycles. The summed E-state index contributed by atoms with van der Waals surface area (Å²) < 4.78 is 28.1. The van der Waals surface area contributed by atoms with Crippen LogP contribution in [0.4, 0.5) is 14.6 Å². The first-order chi connectivity index (χ1) is 10.6. The van der Waals surface area contributed by atoms with Gasteiger partial charge in [-0.25, -0.2) is 13.8 Å². The van der Waals surface area contributed by atoms with Gasteiger partial charge in [0.1, 0.15) is 34.8 Å². The molecule has 0 unspecified atom stereocenters. The lowest BCUT2D eigenvalue weighted by Gasteiger charge is -2.01. The lowest BCUT2D eigenvalue weighted by molar-refractivity contribution is 0.585. The molecule has 0 amide bonds. The van der Waals surface area contributed by atoms with Crippen LogP contribution >= 0.6 is 0 Å². The summed E-state index contributed by atoms with van der Waals surface area (Å²) >= 11 is 0. The van der Waals surface area contributed by atoms with E-state index in [-0.39, 0.29) is 28.5 Å². The number of nitriles is 1. The SMILES string of the molecule is N#Cc1c(-c2ccc(F)cc2F)nn(-c2cnccn2)c1N. The van der Waals surface area contributed by atoms with Gasteiger partial charge in [0, 0.05) is 24.0 Å². The summed E-state index contributed by atoms with van der Waals surface area (Å²) in [4.78, 5) is 7.91. The fourth-order valence-corrected chi connectivity index (χ4v) is 1.99. The van der Waals surface area contributed by atoms with E-state index in [2.05, 4.69) is 15.1 Å². The van der Waals surface area contributed by atoms with Gasteiger partial charge in [0.2, 0.25) is 0 Å². The van der Waals surface area contributed by atoms with E-state index in [0.717, 1.165) is 6.07 Å². The Morgan fingerprint density at radius 1 is 1.23 bits per heavy atom. The van der Waals surface area contributed by atoms with E-state index in [1.807, 2.05) is 6.07 Å². The zero-order chi connectivity index (χ0) is 15.7. The highest BCUT2D eigenvalue weighted by atomic mass is 19.1. The third-order valence-corrected chi connectivity index (χ3v) is 2.99. The van der Waals surface area contributed by atoms with Crippen LogP contribution < -0.4 is 5.73 Å². The third kappa shape index (κ3) is 2.14. The van der Waals surface area contributed by atoms with Crippen molar-refractivity contribution < 1.29 is 8.78 Å². The molecular formula is C14H8F2N6. The molecule has 0 bridgehead atoms. The molecule has 0 saturated heterocycles. The molecule has 8 heteroatoms. The number of halogens is 2. The minimum atomic E-state index is -0.833. The maximum absolute atomic E-state index is 13.9. The molecule has 0 radical (unpaired) electrons. The Morgan fingerprint density at radius 3 is 2.68 bits per heavy atom. The van der Waals surface area contributed by atoms with Crippen molar-refractivity contribution in [3.8, 4) is 23.1 Å². The molecular weight excluding hydrogens is 290 g/mol. The lowest BCUT2D eigenvalue weighted by atomic mass is 10.1. The van der Waals surface area contributed by atoms with E-state index < -0.39 is 11.6 Å². The van der Waals surface area contributed by atoms with Crippen LogP contribution in [0.3, 0.4) is 0 Å². The van der Waals surface area contributed by atoms with Gasteiger partial charge in [-0.05, 0) is 12.1 Å². The molecule has 2 heterocycles. The molecule has 22 heavy (non-hydrogen) atoms. The van der Waals surface area contributed by atoms with E-state index in [4.69, 9.17) is 5.73 Å². The van der Waals surface area contributed by atoms with Crippen molar-refractivity contribution in [1.82, 2.24) is 19.7 Å². The molecule has 2 aromatic heterocycles. The number of hydrogen-bond acceptors (Lipinski definition) is 5. The number of nitrogens with zero attached hydrogens (tertiary/aromatic N) is 5. The Balaban J connectivity index is 2.24. The number of nitrogens with two attached hydrogens (primary N) is 1. The van der Waals surface area contributed by atoms with Crippen LogP contribution in [0, 0.1) is 23.0 Å². The number of rotatable bonds is 2. The Kier molecular flexibility index (Phi) is 3.23. The maximum Gasteiger partial charge on any atom is 0.174 e. The highest BCUT2D eigenvalue weighted by Crippen LogP contribution is 2.30. The van der Waals surface area contributed by atoms with Crippen molar-refractivity contribution in [3.63, 3.8) is 0 Å². The minimum Gasteiger partial charge on any atom is -0.382 e. The number of benzene rings is 1. The average molecular weight is 298 g/mol. The third-order valence-electron chi connectivity index (χ3n) is 2.99. The van der Waals surface area contributed by atoms with E-state index >= 15 is 0 Å². The first kappa shape index (κ1) is 13.6. The second-order valence-electron chi connectivity index (χ2n) is 4.32. The van der Waals surface area contributed by atoms with Crippen molar-refractivity contribution in [2.75, 3.05) is 5.73 Å². The molecule has 0 aliphatic heterocycles. The summed E-state index contributed by atoms with van der Waals surface area (Å²) in [6, 6.07) is 4.88. The highest BCUT2D eigenvalue weighted by molar-refractivity contribution is 5.73. The molecule has 3 aromatic rings. The number of anilines is 1. The zero-order valence-corrected chi connectivity index (χ0v) is 11.0. The van der Waals surface area contributed by atoms with Crippen molar-refractivity contribution in [3.05, 3.63) is 54.0 Å². The Morgan fingerprint density at radius 2 is 2.05 bits per heavy atom. The number of nitrogen functional groups attached to an aromatic ring is 1. The van der Waals surface area contributed by atoms with Crippen LogP contribution in [0.1, 0.15) is 5.56 Å². The largest absolute Gasteiger partial charge is 0.382 e. The lowest BCUT2D eigenvalue weighted by Crippen LogP contribution is -2.04. The predicted molar refractivity (Wildman–Crippen MR) is 73.6 cm³/mol. The summed E-state index contributed by atoms with van der Waals surface area (Å²) in [5, 5.41) is 13.4. The van der Waals surface area contributed by atoms with Crippen LogP contribution in [0.5, 0.6) is 0 Å². The monoisotopic (exact) mass is 298 g/mol. The molecule has 3 rings (SSSR count). The van der Waals surface area contributed by atoms with Crippen LogP contribution in [0.15, 0.2) is 36.8 Å². The molecule has 108 valence electrons. The van der Waals surface area contributed by atoms with Gasteiger partial charge in [-0.15, -0.1) is 0 Å². The number of hydrogen-bond donors (Lipinski definition) is 1. The number of aromatic nitrogens is 4. The quantitative estimate of drug-likeness (QED) is 0.781. The molecule has 0 atom stereocenters. The van der Waals surface area contributed by atoms with E-state index in [0.29, 0.717) is 6.07 Å². The second-order valence-corrected chi connectivity index (χ2v) is 4.32. The first-order valence-corrected chi connectivity index (χ1v) is 6.12. The Bertz CT molecular complexity index is 882. The first-order valence-electron chi connectivity index (χ1n) is 6.12. The smallest absolute Gasteiger partial charge is 0.174 e. The zero-order valence-electron chi connectivity index (χ0n) is 11.0. The van der Waals surface area contributed by atoms with Crippen molar-refractivity contribution in [1.29, 1.82) is 5.26 Å². The summed E-state index contributed by atoms with van der Waals surface area (Å²) in [5.74, 6) is -1.27. The van der Waals surface area contributed by atoms with Gasteiger partial charge < -0.3 is 5.73 Å². The van der Waals surface area contributed by atoms with Crippen LogP contribution in [0.2, 0.25) is 0 Å². The summed E-state index contributed by atoms with van der Waals surface area (Å²) in [6.45, 7) is 0. The van der Waals surface area contributed by atoms with Gasteiger partial charge in [-0.3, -0.25) is 4.98 Å². The van der Waals surface area contributed by atoms with Crippen molar-refractivity contribution in [2.24, 2.45) is 0 Å². The summed E-state index contributed by atoms with van der Waals surface area (Å²) in [7, 11) is 0. The van der Waals surface area contributed by atoms with E-state index in [1.54, 1.807) is 0 Å². The summed E-state index contributed by atoms with van der Waals surface area (Å²) in [6.07, 6.45) is 4.30. The fourth-order valence-electron chi connectivity index (χ4n) is 1.99. The summed E-state index contributed by atoms with van der Waals surface area (Å²) in [5.41, 5.74) is 5.86. The fraction of sp³-hybridized carbons (Fsp3) is 0. The molecule has 0 spiro atoms. The van der Waals surface area contributed by atoms with Crippen LogP contribution in [-0.4, -0.2) is 19.7 Å². The highest BCUT2D eigenvalue weighted by Gasteiger charge is 2.21. The van der Waals surface area contributed by atoms with E-state index in [1.165, 1.54) is 29.3 Å². The van der Waals surface area contributed by atoms with Gasteiger partial charge in [-0.1, -0.05) is 0 Å². The van der Waals surface area contributed by atoms with Crippen molar-refractivity contribution >= 4 is 5.82 Å². The molecule has 0 aliphatic carbocycles. The van der Waals surface area contributed by atoms with Gasteiger partial charge in [0.25, 0.3) is 0 Å². The average Bonchev–Trinajstić information content (AvgIpc) is 2.84. The molecule has 2 N–H and O–H groups in total. The van der Waals surface area contributed by atoms with Gasteiger partial charge in [0.15, 0.2) is 5.82 Å². The van der Waals surface area contributed by atoms with Gasteiger partial charge in [0.05, 0.1) is 6.20 Å². The Labute approximate surface area is 123 Å². The van der Waals surface area contributed by atoms with Crippen molar-refractivity contribution in [2.45, 2.75) is 0 Å². The minimum absolute atomic E-state index is 0.00160. The van der Waals surface area contributed by atoms with Gasteiger partial charge >= 0.3 is 0 Å². The normalized spacial score (nSPS) is 10.4. The molecule has 0 aliphatic rings. The standard InChI is InChI=1S/C14H8F2N6/c15-8-1-2-9(11(16)5-8)13-10(6-17)14(18)22(21-13)12-7-19-3-4-20-12/h1-5,7H,18H2. The predicted octanol–water partition coefficient (Wildman–Crippen LogP) is 2.06. The van der Waals surface area contributed by atoms with Gasteiger partial charge in [-0.2, -0.15) is 15.0 Å².